The van der Waals surface area contributed by atoms with Gasteiger partial charge in [0, 0.05) is 27.8 Å². The number of nitrogens with one attached hydrogen (secondary N) is 2. The summed E-state index contributed by atoms with van der Waals surface area (Å²) in [4.78, 5) is 3.48. The van der Waals surface area contributed by atoms with E-state index in [9.17, 15) is 0 Å². The maximum Gasteiger partial charge on any atom is 0.0458 e. The van der Waals surface area contributed by atoms with Crippen molar-refractivity contribution in [1.29, 1.82) is 0 Å². The molecule has 4 rings (SSSR count). The van der Waals surface area contributed by atoms with Gasteiger partial charge in [0.2, 0.25) is 0 Å². The van der Waals surface area contributed by atoms with Crippen LogP contribution >= 0.6 is 11.3 Å². The lowest BCUT2D eigenvalue weighted by Gasteiger charge is -2.06. The van der Waals surface area contributed by atoms with Crippen LogP contribution in [-0.2, 0) is 13.0 Å². The first-order valence-electron chi connectivity index (χ1n) is 8.04. The van der Waals surface area contributed by atoms with Gasteiger partial charge in [0.25, 0.3) is 0 Å². The van der Waals surface area contributed by atoms with Crippen molar-refractivity contribution in [3.8, 4) is 0 Å². The summed E-state index contributed by atoms with van der Waals surface area (Å²) in [6.45, 7) is 4.08. The zero-order valence-corrected chi connectivity index (χ0v) is 14.0. The number of aryl methyl sites for hydroxylation is 1. The lowest BCUT2D eigenvalue weighted by molar-refractivity contribution is 0.687. The number of thiophene rings is 1. The standard InChI is InChI=1S/C20H20N2S/c1-14-17(18-4-2-3-5-19(18)22-14)8-10-21-13-15-6-7-16-9-11-23-20(16)12-15/h2-7,9,11-12,21-22H,8,10,13H2,1H3. The van der Waals surface area contributed by atoms with Crippen molar-refractivity contribution in [3.05, 3.63) is 70.7 Å². The third-order valence-electron chi connectivity index (χ3n) is 4.43. The second kappa shape index (κ2) is 6.19. The molecule has 0 aliphatic heterocycles. The van der Waals surface area contributed by atoms with Crippen LogP contribution in [0.4, 0.5) is 0 Å². The van der Waals surface area contributed by atoms with E-state index in [-0.39, 0.29) is 0 Å². The molecule has 4 aromatic rings. The third kappa shape index (κ3) is 2.90. The fourth-order valence-corrected chi connectivity index (χ4v) is 4.06. The number of hydrogen-bond donors (Lipinski definition) is 2. The minimum absolute atomic E-state index is 0.926. The predicted octanol–water partition coefficient (Wildman–Crippen LogP) is 5.02. The van der Waals surface area contributed by atoms with Gasteiger partial charge in [-0.25, -0.2) is 0 Å². The van der Waals surface area contributed by atoms with Gasteiger partial charge in [0.05, 0.1) is 0 Å². The Kier molecular flexibility index (Phi) is 3.90. The van der Waals surface area contributed by atoms with Crippen LogP contribution in [0, 0.1) is 6.92 Å². The van der Waals surface area contributed by atoms with E-state index < -0.39 is 0 Å². The van der Waals surface area contributed by atoms with Gasteiger partial charge in [-0.2, -0.15) is 0 Å². The largest absolute Gasteiger partial charge is 0.358 e. The monoisotopic (exact) mass is 320 g/mol. The second-order valence-electron chi connectivity index (χ2n) is 5.99. The summed E-state index contributed by atoms with van der Waals surface area (Å²) in [7, 11) is 0. The summed E-state index contributed by atoms with van der Waals surface area (Å²) in [6, 6.07) is 17.5. The second-order valence-corrected chi connectivity index (χ2v) is 6.94. The molecule has 0 aliphatic carbocycles. The lowest BCUT2D eigenvalue weighted by Crippen LogP contribution is -2.16. The van der Waals surface area contributed by atoms with Crippen molar-refractivity contribution in [2.75, 3.05) is 6.54 Å². The highest BCUT2D eigenvalue weighted by atomic mass is 32.1. The van der Waals surface area contributed by atoms with Gasteiger partial charge in [-0.3, -0.25) is 0 Å². The maximum absolute atomic E-state index is 3.58. The Morgan fingerprint density at radius 2 is 2.00 bits per heavy atom. The Labute approximate surface area is 140 Å². The van der Waals surface area contributed by atoms with E-state index in [1.54, 1.807) is 0 Å². The molecular formula is C20H20N2S. The highest BCUT2D eigenvalue weighted by Gasteiger charge is 2.07. The van der Waals surface area contributed by atoms with Crippen LogP contribution in [-0.4, -0.2) is 11.5 Å². The van der Waals surface area contributed by atoms with Crippen molar-refractivity contribution in [2.45, 2.75) is 19.9 Å². The molecule has 3 heteroatoms. The number of H-pyrrole nitrogens is 1. The molecule has 0 fully saturated rings. The van der Waals surface area contributed by atoms with E-state index in [2.05, 4.69) is 71.1 Å². The Hall–Kier alpha value is -2.10. The minimum atomic E-state index is 0.926. The Bertz CT molecular complexity index is 949. The molecule has 23 heavy (non-hydrogen) atoms. The average molecular weight is 320 g/mol. The van der Waals surface area contributed by atoms with Gasteiger partial charge in [-0.05, 0) is 60.0 Å². The molecule has 0 radical (unpaired) electrons. The number of fused-ring (bicyclic) bond motifs is 2. The van der Waals surface area contributed by atoms with Gasteiger partial charge >= 0.3 is 0 Å². The molecule has 0 spiro atoms. The van der Waals surface area contributed by atoms with Crippen molar-refractivity contribution in [2.24, 2.45) is 0 Å². The molecule has 0 saturated carbocycles. The zero-order chi connectivity index (χ0) is 15.6. The number of hydrogen-bond acceptors (Lipinski definition) is 2. The third-order valence-corrected chi connectivity index (χ3v) is 5.31. The summed E-state index contributed by atoms with van der Waals surface area (Å²) >= 11 is 1.81. The minimum Gasteiger partial charge on any atom is -0.358 e. The topological polar surface area (TPSA) is 27.8 Å². The molecule has 2 N–H and O–H groups in total. The molecule has 2 nitrogen and oxygen atoms in total. The zero-order valence-electron chi connectivity index (χ0n) is 13.2. The first-order valence-corrected chi connectivity index (χ1v) is 8.92. The van der Waals surface area contributed by atoms with Crippen molar-refractivity contribution < 1.29 is 0 Å². The number of aromatic amines is 1. The molecule has 2 heterocycles. The van der Waals surface area contributed by atoms with E-state index in [1.165, 1.54) is 37.8 Å². The first-order chi connectivity index (χ1) is 11.3. The molecular weight excluding hydrogens is 300 g/mol. The van der Waals surface area contributed by atoms with Crippen LogP contribution in [0.3, 0.4) is 0 Å². The first kappa shape index (κ1) is 14.5. The summed E-state index contributed by atoms with van der Waals surface area (Å²) in [5, 5.41) is 8.43. The lowest BCUT2D eigenvalue weighted by atomic mass is 10.1. The van der Waals surface area contributed by atoms with E-state index in [1.807, 2.05) is 11.3 Å². The number of rotatable bonds is 5. The Balaban J connectivity index is 1.40. The van der Waals surface area contributed by atoms with Gasteiger partial charge in [0.15, 0.2) is 0 Å². The Morgan fingerprint density at radius 3 is 2.96 bits per heavy atom. The predicted molar refractivity (Wildman–Crippen MR) is 100 cm³/mol. The molecule has 2 aromatic heterocycles. The highest BCUT2D eigenvalue weighted by Crippen LogP contribution is 2.23. The van der Waals surface area contributed by atoms with Crippen LogP contribution < -0.4 is 5.32 Å². The highest BCUT2D eigenvalue weighted by molar-refractivity contribution is 7.17. The molecule has 0 amide bonds. The quantitative estimate of drug-likeness (QED) is 0.496. The van der Waals surface area contributed by atoms with Crippen LogP contribution in [0.1, 0.15) is 16.8 Å². The van der Waals surface area contributed by atoms with Crippen LogP contribution in [0.25, 0.3) is 21.0 Å². The molecule has 2 aromatic carbocycles. The number of para-hydroxylation sites is 1. The smallest absolute Gasteiger partial charge is 0.0458 e. The number of benzene rings is 2. The average Bonchev–Trinajstić information content (AvgIpc) is 3.15. The van der Waals surface area contributed by atoms with E-state index in [4.69, 9.17) is 0 Å². The fourth-order valence-electron chi connectivity index (χ4n) is 3.21. The fraction of sp³-hybridized carbons (Fsp3) is 0.200. The van der Waals surface area contributed by atoms with Gasteiger partial charge < -0.3 is 10.3 Å². The number of aromatic nitrogens is 1. The molecule has 0 atom stereocenters. The van der Waals surface area contributed by atoms with Crippen molar-refractivity contribution >= 4 is 32.3 Å². The summed E-state index contributed by atoms with van der Waals surface area (Å²) in [5.74, 6) is 0. The summed E-state index contributed by atoms with van der Waals surface area (Å²) in [5.41, 5.74) is 5.31. The molecule has 0 bridgehead atoms. The van der Waals surface area contributed by atoms with Crippen LogP contribution in [0.2, 0.25) is 0 Å². The maximum atomic E-state index is 3.58. The van der Waals surface area contributed by atoms with E-state index in [0.717, 1.165) is 19.5 Å². The van der Waals surface area contributed by atoms with Gasteiger partial charge in [0.1, 0.15) is 0 Å². The molecule has 0 saturated heterocycles. The summed E-state index contributed by atoms with van der Waals surface area (Å²) in [6.07, 6.45) is 1.05. The van der Waals surface area contributed by atoms with Crippen LogP contribution in [0.5, 0.6) is 0 Å². The molecule has 116 valence electrons. The molecule has 0 aliphatic rings. The van der Waals surface area contributed by atoms with Crippen LogP contribution in [0.15, 0.2) is 53.9 Å². The van der Waals surface area contributed by atoms with Gasteiger partial charge in [-0.15, -0.1) is 11.3 Å². The molecule has 0 unspecified atom stereocenters. The van der Waals surface area contributed by atoms with Crippen molar-refractivity contribution in [1.82, 2.24) is 10.3 Å². The van der Waals surface area contributed by atoms with E-state index in [0.29, 0.717) is 0 Å². The van der Waals surface area contributed by atoms with E-state index >= 15 is 0 Å². The van der Waals surface area contributed by atoms with Gasteiger partial charge in [-0.1, -0.05) is 30.3 Å². The Morgan fingerprint density at radius 1 is 1.09 bits per heavy atom. The summed E-state index contributed by atoms with van der Waals surface area (Å²) < 4.78 is 1.37. The normalized spacial score (nSPS) is 11.5. The SMILES string of the molecule is Cc1[nH]c2ccccc2c1CCNCc1ccc2ccsc2c1. The van der Waals surface area contributed by atoms with Crippen molar-refractivity contribution in [3.63, 3.8) is 0 Å².